The van der Waals surface area contributed by atoms with Gasteiger partial charge in [-0.05, 0) is 19.4 Å². The van der Waals surface area contributed by atoms with Crippen molar-refractivity contribution in [3.05, 3.63) is 11.8 Å². The van der Waals surface area contributed by atoms with Gasteiger partial charge in [-0.25, -0.2) is 0 Å². The van der Waals surface area contributed by atoms with Crippen molar-refractivity contribution in [2.24, 2.45) is 4.99 Å². The highest BCUT2D eigenvalue weighted by Crippen LogP contribution is 1.82. The van der Waals surface area contributed by atoms with E-state index < -0.39 is 0 Å². The van der Waals surface area contributed by atoms with Crippen molar-refractivity contribution in [1.82, 2.24) is 5.32 Å². The molecule has 0 radical (unpaired) electrons. The van der Waals surface area contributed by atoms with Crippen LogP contribution in [0.15, 0.2) is 16.8 Å². The number of rotatable bonds is 3. The molecule has 0 saturated heterocycles. The van der Waals surface area contributed by atoms with Crippen LogP contribution in [0, 0.1) is 0 Å². The molecule has 2 nitrogen and oxygen atoms in total. The zero-order valence-corrected chi connectivity index (χ0v) is 6.31. The van der Waals surface area contributed by atoms with Crippen molar-refractivity contribution < 1.29 is 0 Å². The highest BCUT2D eigenvalue weighted by Gasteiger charge is 1.76. The van der Waals surface area contributed by atoms with E-state index in [4.69, 9.17) is 0 Å². The Hall–Kier alpha value is -0.790. The number of nitrogens with one attached hydrogen (secondary N) is 1. The molecular weight excluding hydrogens is 112 g/mol. The van der Waals surface area contributed by atoms with E-state index >= 15 is 0 Å². The van der Waals surface area contributed by atoms with E-state index in [0.717, 1.165) is 12.1 Å². The molecule has 0 spiro atoms. The SMILES string of the molecule is CCNC=C(C)C=NC. The lowest BCUT2D eigenvalue weighted by Gasteiger charge is -1.92. The predicted molar refractivity (Wildman–Crippen MR) is 41.8 cm³/mol. The summed E-state index contributed by atoms with van der Waals surface area (Å²) in [5.74, 6) is 0. The van der Waals surface area contributed by atoms with Gasteiger partial charge in [0.05, 0.1) is 0 Å². The molecule has 52 valence electrons. The minimum atomic E-state index is 0.967. The number of nitrogens with zero attached hydrogens (tertiary/aromatic N) is 1. The van der Waals surface area contributed by atoms with Crippen LogP contribution >= 0.6 is 0 Å². The van der Waals surface area contributed by atoms with Crippen molar-refractivity contribution in [3.63, 3.8) is 0 Å². The zero-order chi connectivity index (χ0) is 7.11. The number of hydrogen-bond donors (Lipinski definition) is 1. The lowest BCUT2D eigenvalue weighted by molar-refractivity contribution is 0.914. The Morgan fingerprint density at radius 1 is 1.67 bits per heavy atom. The summed E-state index contributed by atoms with van der Waals surface area (Å²) >= 11 is 0. The van der Waals surface area contributed by atoms with Crippen molar-refractivity contribution in [1.29, 1.82) is 0 Å². The average molecular weight is 126 g/mol. The van der Waals surface area contributed by atoms with Gasteiger partial charge in [0.2, 0.25) is 0 Å². The first kappa shape index (κ1) is 8.21. The number of hydrogen-bond acceptors (Lipinski definition) is 2. The van der Waals surface area contributed by atoms with Gasteiger partial charge in [0.25, 0.3) is 0 Å². The maximum atomic E-state index is 3.86. The maximum Gasteiger partial charge on any atom is 0.0277 e. The van der Waals surface area contributed by atoms with Crippen LogP contribution in [0.1, 0.15) is 13.8 Å². The second-order valence-electron chi connectivity index (χ2n) is 1.83. The van der Waals surface area contributed by atoms with Crippen LogP contribution in [0.5, 0.6) is 0 Å². The van der Waals surface area contributed by atoms with Gasteiger partial charge in [0.15, 0.2) is 0 Å². The second kappa shape index (κ2) is 5.35. The van der Waals surface area contributed by atoms with Gasteiger partial charge in [-0.3, -0.25) is 4.99 Å². The van der Waals surface area contributed by atoms with E-state index in [1.165, 1.54) is 0 Å². The molecule has 0 aliphatic carbocycles. The highest BCUT2D eigenvalue weighted by molar-refractivity contribution is 5.77. The molecule has 0 fully saturated rings. The second-order valence-corrected chi connectivity index (χ2v) is 1.83. The van der Waals surface area contributed by atoms with Crippen LogP contribution < -0.4 is 5.32 Å². The molecule has 0 aromatic heterocycles. The molecule has 0 atom stereocenters. The molecule has 2 heteroatoms. The van der Waals surface area contributed by atoms with E-state index in [-0.39, 0.29) is 0 Å². The Labute approximate surface area is 56.7 Å². The summed E-state index contributed by atoms with van der Waals surface area (Å²) in [7, 11) is 1.77. The normalized spacial score (nSPS) is 12.6. The van der Waals surface area contributed by atoms with Crippen LogP contribution in [-0.2, 0) is 0 Å². The maximum absolute atomic E-state index is 3.86. The van der Waals surface area contributed by atoms with Crippen molar-refractivity contribution in [3.8, 4) is 0 Å². The summed E-state index contributed by atoms with van der Waals surface area (Å²) < 4.78 is 0. The van der Waals surface area contributed by atoms with Gasteiger partial charge in [-0.2, -0.15) is 0 Å². The predicted octanol–water partition coefficient (Wildman–Crippen LogP) is 1.20. The third kappa shape index (κ3) is 5.07. The van der Waals surface area contributed by atoms with E-state index in [9.17, 15) is 0 Å². The minimum Gasteiger partial charge on any atom is -0.391 e. The molecule has 9 heavy (non-hydrogen) atoms. The summed E-state index contributed by atoms with van der Waals surface area (Å²) in [6.07, 6.45) is 3.77. The Morgan fingerprint density at radius 3 is 2.78 bits per heavy atom. The van der Waals surface area contributed by atoms with E-state index in [0.29, 0.717) is 0 Å². The summed E-state index contributed by atoms with van der Waals surface area (Å²) in [4.78, 5) is 3.86. The first-order chi connectivity index (χ1) is 4.31. The molecule has 1 N–H and O–H groups in total. The van der Waals surface area contributed by atoms with Crippen molar-refractivity contribution >= 4 is 6.21 Å². The van der Waals surface area contributed by atoms with E-state index in [1.54, 1.807) is 7.05 Å². The number of aliphatic imine (C=N–C) groups is 1. The molecule has 0 rings (SSSR count). The van der Waals surface area contributed by atoms with Crippen LogP contribution in [-0.4, -0.2) is 19.8 Å². The van der Waals surface area contributed by atoms with E-state index in [2.05, 4.69) is 17.2 Å². The molecule has 0 aromatic carbocycles. The van der Waals surface area contributed by atoms with Gasteiger partial charge >= 0.3 is 0 Å². The van der Waals surface area contributed by atoms with E-state index in [1.807, 2.05) is 19.3 Å². The van der Waals surface area contributed by atoms with Crippen molar-refractivity contribution in [2.75, 3.05) is 13.6 Å². The first-order valence-electron chi connectivity index (χ1n) is 3.13. The largest absolute Gasteiger partial charge is 0.391 e. The van der Waals surface area contributed by atoms with Gasteiger partial charge in [0, 0.05) is 26.0 Å². The molecular formula is C7H14N2. The van der Waals surface area contributed by atoms with Crippen LogP contribution in [0.2, 0.25) is 0 Å². The Kier molecular flexibility index (Phi) is 4.88. The van der Waals surface area contributed by atoms with Crippen molar-refractivity contribution in [2.45, 2.75) is 13.8 Å². The minimum absolute atomic E-state index is 0.967. The smallest absolute Gasteiger partial charge is 0.0277 e. The quantitative estimate of drug-likeness (QED) is 0.564. The summed E-state index contributed by atoms with van der Waals surface area (Å²) in [5.41, 5.74) is 1.15. The van der Waals surface area contributed by atoms with Gasteiger partial charge in [-0.1, -0.05) is 0 Å². The highest BCUT2D eigenvalue weighted by atomic mass is 14.8. The topological polar surface area (TPSA) is 24.4 Å². The fourth-order valence-corrected chi connectivity index (χ4v) is 0.504. The van der Waals surface area contributed by atoms with Gasteiger partial charge < -0.3 is 5.32 Å². The van der Waals surface area contributed by atoms with Crippen LogP contribution in [0.3, 0.4) is 0 Å². The summed E-state index contributed by atoms with van der Waals surface area (Å²) in [6, 6.07) is 0. The monoisotopic (exact) mass is 126 g/mol. The molecule has 0 aliphatic heterocycles. The summed E-state index contributed by atoms with van der Waals surface area (Å²) in [6.45, 7) is 5.04. The van der Waals surface area contributed by atoms with Gasteiger partial charge in [-0.15, -0.1) is 0 Å². The van der Waals surface area contributed by atoms with Crippen LogP contribution in [0.25, 0.3) is 0 Å². The van der Waals surface area contributed by atoms with Crippen LogP contribution in [0.4, 0.5) is 0 Å². The third-order valence-electron chi connectivity index (χ3n) is 0.867. The first-order valence-corrected chi connectivity index (χ1v) is 3.13. The third-order valence-corrected chi connectivity index (χ3v) is 0.867. The Balaban J connectivity index is 3.55. The molecule has 0 saturated carbocycles. The Bertz CT molecular complexity index is 114. The molecule has 0 aliphatic rings. The zero-order valence-electron chi connectivity index (χ0n) is 6.31. The molecule has 0 unspecified atom stereocenters. The molecule has 0 bridgehead atoms. The Morgan fingerprint density at radius 2 is 2.33 bits per heavy atom. The van der Waals surface area contributed by atoms with Gasteiger partial charge in [0.1, 0.15) is 0 Å². The standard InChI is InChI=1S/C7H14N2/c1-4-9-6-7(2)5-8-3/h5-6,9H,4H2,1-3H3. The lowest BCUT2D eigenvalue weighted by atomic mass is 10.4. The average Bonchev–Trinajstić information content (AvgIpc) is 1.85. The lowest BCUT2D eigenvalue weighted by Crippen LogP contribution is -2.03. The number of allylic oxidation sites excluding steroid dienone is 1. The molecule has 0 amide bonds. The molecule has 0 aromatic rings. The summed E-state index contributed by atoms with van der Waals surface area (Å²) in [5, 5.41) is 3.08. The fraction of sp³-hybridized carbons (Fsp3) is 0.571. The fourth-order valence-electron chi connectivity index (χ4n) is 0.504. The molecule has 0 heterocycles.